The Morgan fingerprint density at radius 2 is 2.05 bits per heavy atom. The average molecular weight is 305 g/mol. The van der Waals surface area contributed by atoms with Gasteiger partial charge in [-0.15, -0.1) is 5.10 Å². The third-order valence-corrected chi connectivity index (χ3v) is 5.47. The van der Waals surface area contributed by atoms with Crippen molar-refractivity contribution in [2.75, 3.05) is 5.75 Å². The summed E-state index contributed by atoms with van der Waals surface area (Å²) in [6.07, 6.45) is 1.50. The Kier molecular flexibility index (Phi) is 3.23. The summed E-state index contributed by atoms with van der Waals surface area (Å²) in [5.74, 6) is 1.47. The van der Waals surface area contributed by atoms with E-state index < -0.39 is 17.3 Å². The van der Waals surface area contributed by atoms with Crippen molar-refractivity contribution in [3.8, 4) is 0 Å². The number of benzene rings is 1. The molecule has 21 heavy (non-hydrogen) atoms. The predicted molar refractivity (Wildman–Crippen MR) is 77.1 cm³/mol. The minimum atomic E-state index is -1.20. The molecule has 2 heterocycles. The number of nitrogens with zero attached hydrogens (tertiary/aromatic N) is 3. The molecule has 0 spiro atoms. The standard InChI is InChI=1S/C15H16FN3OS/c16-12-8-13(11-4-2-1-3-5-11)19-14(12)17-15(18-19)21(20)9-10-6-7-10/h1-5,10,12-13H,6-9H2/t12-,13-,21-/m0/s1. The van der Waals surface area contributed by atoms with Crippen LogP contribution in [0.4, 0.5) is 4.39 Å². The number of rotatable bonds is 4. The SMILES string of the molecule is [O-][S@@+](CC1CC1)c1nc2n(n1)[C@H](c1ccccc1)C[C@@H]2F. The van der Waals surface area contributed by atoms with Crippen molar-refractivity contribution in [3.63, 3.8) is 0 Å². The minimum Gasteiger partial charge on any atom is -0.609 e. The summed E-state index contributed by atoms with van der Waals surface area (Å²) < 4.78 is 28.0. The molecule has 4 nitrogen and oxygen atoms in total. The molecule has 1 aliphatic carbocycles. The Balaban J connectivity index is 1.64. The number of halogens is 1. The van der Waals surface area contributed by atoms with E-state index in [-0.39, 0.29) is 6.04 Å². The van der Waals surface area contributed by atoms with E-state index in [9.17, 15) is 8.94 Å². The Morgan fingerprint density at radius 3 is 2.76 bits per heavy atom. The third-order valence-electron chi connectivity index (χ3n) is 4.12. The quantitative estimate of drug-likeness (QED) is 0.816. The smallest absolute Gasteiger partial charge is 0.361 e. The van der Waals surface area contributed by atoms with Gasteiger partial charge < -0.3 is 4.55 Å². The molecule has 1 aromatic heterocycles. The molecule has 2 aliphatic rings. The van der Waals surface area contributed by atoms with Crippen LogP contribution in [0.15, 0.2) is 35.5 Å². The Morgan fingerprint density at radius 1 is 1.29 bits per heavy atom. The first-order valence-corrected chi connectivity index (χ1v) is 8.58. The van der Waals surface area contributed by atoms with Gasteiger partial charge in [-0.1, -0.05) is 30.3 Å². The van der Waals surface area contributed by atoms with Crippen molar-refractivity contribution >= 4 is 11.2 Å². The monoisotopic (exact) mass is 305 g/mol. The van der Waals surface area contributed by atoms with E-state index in [1.54, 1.807) is 4.68 Å². The van der Waals surface area contributed by atoms with Gasteiger partial charge in [-0.2, -0.15) is 4.98 Å². The summed E-state index contributed by atoms with van der Waals surface area (Å²) in [5.41, 5.74) is 1.02. The van der Waals surface area contributed by atoms with Gasteiger partial charge in [0.05, 0.1) is 6.04 Å². The zero-order valence-corrected chi connectivity index (χ0v) is 12.3. The van der Waals surface area contributed by atoms with Crippen LogP contribution >= 0.6 is 0 Å². The first kappa shape index (κ1) is 13.3. The molecule has 0 radical (unpaired) electrons. The van der Waals surface area contributed by atoms with Gasteiger partial charge in [0.1, 0.15) is 5.75 Å². The summed E-state index contributed by atoms with van der Waals surface area (Å²) >= 11 is -1.20. The second-order valence-corrected chi connectivity index (χ2v) is 7.17. The lowest BCUT2D eigenvalue weighted by Gasteiger charge is -2.11. The molecule has 0 unspecified atom stereocenters. The first-order chi connectivity index (χ1) is 10.2. The van der Waals surface area contributed by atoms with Crippen LogP contribution in [0.25, 0.3) is 0 Å². The predicted octanol–water partition coefficient (Wildman–Crippen LogP) is 2.80. The van der Waals surface area contributed by atoms with E-state index in [0.29, 0.717) is 29.1 Å². The number of aromatic nitrogens is 3. The lowest BCUT2D eigenvalue weighted by molar-refractivity contribution is 0.326. The summed E-state index contributed by atoms with van der Waals surface area (Å²) in [7, 11) is 0. The van der Waals surface area contributed by atoms with Crippen LogP contribution in [0.2, 0.25) is 0 Å². The molecule has 0 bridgehead atoms. The normalized spacial score (nSPS) is 25.8. The molecule has 1 aromatic carbocycles. The summed E-state index contributed by atoms with van der Waals surface area (Å²) in [4.78, 5) is 4.20. The highest BCUT2D eigenvalue weighted by atomic mass is 32.2. The van der Waals surface area contributed by atoms with Crippen molar-refractivity contribution in [3.05, 3.63) is 41.7 Å². The van der Waals surface area contributed by atoms with Gasteiger partial charge in [0.25, 0.3) is 0 Å². The van der Waals surface area contributed by atoms with Crippen molar-refractivity contribution in [1.82, 2.24) is 14.8 Å². The van der Waals surface area contributed by atoms with Gasteiger partial charge in [0, 0.05) is 23.5 Å². The number of hydrogen-bond acceptors (Lipinski definition) is 3. The van der Waals surface area contributed by atoms with E-state index in [1.165, 1.54) is 0 Å². The average Bonchev–Trinajstić information content (AvgIpc) is 3.11. The van der Waals surface area contributed by atoms with Gasteiger partial charge in [0.15, 0.2) is 12.0 Å². The van der Waals surface area contributed by atoms with Crippen LogP contribution in [-0.2, 0) is 11.2 Å². The van der Waals surface area contributed by atoms with Crippen molar-refractivity contribution in [2.45, 2.75) is 36.6 Å². The molecule has 110 valence electrons. The number of hydrogen-bond donors (Lipinski definition) is 0. The Hall–Kier alpha value is -1.40. The van der Waals surface area contributed by atoms with Crippen LogP contribution in [0.5, 0.6) is 0 Å². The van der Waals surface area contributed by atoms with Crippen molar-refractivity contribution < 1.29 is 8.94 Å². The molecule has 6 heteroatoms. The van der Waals surface area contributed by atoms with E-state index >= 15 is 0 Å². The minimum absolute atomic E-state index is 0.143. The zero-order valence-electron chi connectivity index (χ0n) is 11.5. The van der Waals surface area contributed by atoms with E-state index in [4.69, 9.17) is 0 Å². The Bertz CT molecular complexity index is 644. The fourth-order valence-corrected chi connectivity index (χ4v) is 4.07. The van der Waals surface area contributed by atoms with Crippen molar-refractivity contribution in [1.29, 1.82) is 0 Å². The molecule has 4 rings (SSSR count). The van der Waals surface area contributed by atoms with Gasteiger partial charge in [-0.3, -0.25) is 0 Å². The van der Waals surface area contributed by atoms with Crippen molar-refractivity contribution in [2.24, 2.45) is 5.92 Å². The fraction of sp³-hybridized carbons (Fsp3) is 0.467. The van der Waals surface area contributed by atoms with Gasteiger partial charge in [-0.25, -0.2) is 9.07 Å². The molecule has 3 atom stereocenters. The molecule has 1 aliphatic heterocycles. The second-order valence-electron chi connectivity index (χ2n) is 5.78. The number of alkyl halides is 1. The summed E-state index contributed by atoms with van der Waals surface area (Å²) in [6.45, 7) is 0. The molecule has 0 N–H and O–H groups in total. The topological polar surface area (TPSA) is 53.8 Å². The second kappa shape index (κ2) is 5.10. The maximum atomic E-state index is 14.2. The summed E-state index contributed by atoms with van der Waals surface area (Å²) in [6, 6.07) is 9.59. The maximum absolute atomic E-state index is 14.2. The van der Waals surface area contributed by atoms with Crippen LogP contribution in [0.1, 0.15) is 42.9 Å². The van der Waals surface area contributed by atoms with E-state index in [1.807, 2.05) is 30.3 Å². The zero-order chi connectivity index (χ0) is 14.4. The molecular weight excluding hydrogens is 289 g/mol. The van der Waals surface area contributed by atoms with Crippen LogP contribution in [0.3, 0.4) is 0 Å². The largest absolute Gasteiger partial charge is 0.609 e. The lowest BCUT2D eigenvalue weighted by atomic mass is 10.0. The van der Waals surface area contributed by atoms with Crippen LogP contribution in [0, 0.1) is 5.92 Å². The highest BCUT2D eigenvalue weighted by Crippen LogP contribution is 2.40. The molecule has 0 amide bonds. The summed E-state index contributed by atoms with van der Waals surface area (Å²) in [5, 5.41) is 4.64. The molecule has 2 aromatic rings. The van der Waals surface area contributed by atoms with Gasteiger partial charge in [-0.05, 0) is 18.4 Å². The molecule has 1 saturated carbocycles. The molecule has 1 fully saturated rings. The number of fused-ring (bicyclic) bond motifs is 1. The molecule has 0 saturated heterocycles. The van der Waals surface area contributed by atoms with Crippen LogP contribution in [-0.4, -0.2) is 25.1 Å². The van der Waals surface area contributed by atoms with E-state index in [0.717, 1.165) is 18.4 Å². The van der Waals surface area contributed by atoms with Gasteiger partial charge in [0.2, 0.25) is 0 Å². The van der Waals surface area contributed by atoms with E-state index in [2.05, 4.69) is 10.1 Å². The highest BCUT2D eigenvalue weighted by Gasteiger charge is 2.38. The first-order valence-electron chi connectivity index (χ1n) is 7.26. The maximum Gasteiger partial charge on any atom is 0.361 e. The molecular formula is C15H16FN3OS. The highest BCUT2D eigenvalue weighted by molar-refractivity contribution is 7.91. The van der Waals surface area contributed by atoms with Gasteiger partial charge >= 0.3 is 5.16 Å². The fourth-order valence-electron chi connectivity index (χ4n) is 2.78. The third kappa shape index (κ3) is 2.46. The lowest BCUT2D eigenvalue weighted by Crippen LogP contribution is -2.13. The van der Waals surface area contributed by atoms with Crippen LogP contribution < -0.4 is 0 Å². The Labute approximate surface area is 125 Å².